The average molecular weight is 406 g/mol. The van der Waals surface area contributed by atoms with Crippen molar-refractivity contribution < 1.29 is 19.1 Å². The Balaban J connectivity index is 1.54. The van der Waals surface area contributed by atoms with Gasteiger partial charge in [-0.1, -0.05) is 12.1 Å². The molecule has 10 nitrogen and oxygen atoms in total. The van der Waals surface area contributed by atoms with Crippen LogP contribution < -0.4 is 10.2 Å². The summed E-state index contributed by atoms with van der Waals surface area (Å²) in [7, 11) is 0. The predicted molar refractivity (Wildman–Crippen MR) is 107 cm³/mol. The van der Waals surface area contributed by atoms with Gasteiger partial charge in [0.25, 0.3) is 5.91 Å². The second-order valence-corrected chi connectivity index (χ2v) is 7.22. The highest BCUT2D eigenvalue weighted by Crippen LogP contribution is 2.35. The summed E-state index contributed by atoms with van der Waals surface area (Å²) in [5.74, 6) is -0.279. The van der Waals surface area contributed by atoms with Crippen LogP contribution >= 0.6 is 0 Å². The first kappa shape index (κ1) is 18.1. The van der Waals surface area contributed by atoms with E-state index in [0.717, 1.165) is 5.39 Å². The van der Waals surface area contributed by atoms with E-state index in [2.05, 4.69) is 25.3 Å². The number of nitrogens with zero attached hydrogens (tertiary/aromatic N) is 4. The molecule has 0 bridgehead atoms. The van der Waals surface area contributed by atoms with E-state index < -0.39 is 18.1 Å². The van der Waals surface area contributed by atoms with Gasteiger partial charge >= 0.3 is 5.97 Å². The number of rotatable bonds is 4. The van der Waals surface area contributed by atoms with Crippen molar-refractivity contribution in [2.45, 2.75) is 25.4 Å². The highest BCUT2D eigenvalue weighted by atomic mass is 16.4. The molecule has 1 saturated heterocycles. The first-order valence-corrected chi connectivity index (χ1v) is 9.47. The third-order valence-corrected chi connectivity index (χ3v) is 5.22. The molecule has 4 aromatic rings. The number of carbonyl (C=O) groups is 2. The van der Waals surface area contributed by atoms with E-state index in [1.807, 2.05) is 24.3 Å². The Kier molecular flexibility index (Phi) is 4.12. The summed E-state index contributed by atoms with van der Waals surface area (Å²) in [6, 6.07) is 6.24. The molecule has 4 heterocycles. The van der Waals surface area contributed by atoms with E-state index in [0.29, 0.717) is 28.3 Å². The minimum absolute atomic E-state index is 0.179. The molecule has 2 atom stereocenters. The first-order chi connectivity index (χ1) is 14.5. The van der Waals surface area contributed by atoms with Crippen LogP contribution in [0, 0.1) is 6.92 Å². The highest BCUT2D eigenvalue weighted by Gasteiger charge is 2.40. The van der Waals surface area contributed by atoms with Gasteiger partial charge in [-0.05, 0) is 19.1 Å². The number of nitrogens with one attached hydrogen (secondary N) is 2. The molecule has 152 valence electrons. The number of aryl methyl sites for hydroxylation is 1. The van der Waals surface area contributed by atoms with Crippen molar-refractivity contribution in [3.63, 3.8) is 0 Å². The molecule has 5 rings (SSSR count). The minimum atomic E-state index is -0.995. The second kappa shape index (κ2) is 6.83. The van der Waals surface area contributed by atoms with E-state index in [-0.39, 0.29) is 24.7 Å². The molecule has 0 saturated carbocycles. The number of para-hydroxylation sites is 1. The molecule has 3 aromatic heterocycles. The molecule has 0 radical (unpaired) electrons. The number of aromatic nitrogens is 4. The van der Waals surface area contributed by atoms with E-state index in [4.69, 9.17) is 4.42 Å². The number of hydrogen-bond donors (Lipinski definition) is 3. The number of amides is 1. The maximum absolute atomic E-state index is 12.4. The van der Waals surface area contributed by atoms with Gasteiger partial charge in [0, 0.05) is 36.8 Å². The Morgan fingerprint density at radius 3 is 2.90 bits per heavy atom. The molecule has 1 amide bonds. The lowest BCUT2D eigenvalue weighted by atomic mass is 10.1. The molecule has 1 aromatic carbocycles. The van der Waals surface area contributed by atoms with E-state index in [9.17, 15) is 14.7 Å². The number of anilines is 1. The maximum Gasteiger partial charge on any atom is 0.326 e. The summed E-state index contributed by atoms with van der Waals surface area (Å²) in [6.07, 6.45) is 3.27. The molecule has 3 N–H and O–H groups in total. The lowest BCUT2D eigenvalue weighted by Crippen LogP contribution is -2.38. The Labute approximate surface area is 169 Å². The second-order valence-electron chi connectivity index (χ2n) is 7.22. The summed E-state index contributed by atoms with van der Waals surface area (Å²) < 4.78 is 5.99. The molecule has 0 unspecified atom stereocenters. The van der Waals surface area contributed by atoms with Gasteiger partial charge in [-0.15, -0.1) is 0 Å². The van der Waals surface area contributed by atoms with Crippen LogP contribution in [-0.4, -0.2) is 55.5 Å². The van der Waals surface area contributed by atoms with E-state index in [1.54, 1.807) is 18.0 Å². The number of furan rings is 1. The molecule has 10 heteroatoms. The van der Waals surface area contributed by atoms with Crippen molar-refractivity contribution in [1.82, 2.24) is 25.3 Å². The largest absolute Gasteiger partial charge is 0.480 e. The number of fused-ring (bicyclic) bond motifs is 3. The van der Waals surface area contributed by atoms with Crippen molar-refractivity contribution in [2.24, 2.45) is 0 Å². The molecule has 1 aliphatic heterocycles. The lowest BCUT2D eigenvalue weighted by Gasteiger charge is -2.22. The van der Waals surface area contributed by atoms with Crippen molar-refractivity contribution in [1.29, 1.82) is 0 Å². The summed E-state index contributed by atoms with van der Waals surface area (Å²) >= 11 is 0. The van der Waals surface area contributed by atoms with Crippen LogP contribution in [-0.2, 0) is 4.79 Å². The number of carbonyl (C=O) groups excluding carboxylic acids is 1. The van der Waals surface area contributed by atoms with Gasteiger partial charge in [0.2, 0.25) is 0 Å². The van der Waals surface area contributed by atoms with Crippen LogP contribution in [0.4, 0.5) is 5.82 Å². The van der Waals surface area contributed by atoms with Gasteiger partial charge in [-0.2, -0.15) is 0 Å². The zero-order valence-electron chi connectivity index (χ0n) is 16.0. The predicted octanol–water partition coefficient (Wildman–Crippen LogP) is 1.87. The lowest BCUT2D eigenvalue weighted by molar-refractivity contribution is -0.138. The molecule has 1 fully saturated rings. The summed E-state index contributed by atoms with van der Waals surface area (Å²) in [5.41, 5.74) is 1.73. The Morgan fingerprint density at radius 2 is 2.13 bits per heavy atom. The van der Waals surface area contributed by atoms with Crippen LogP contribution in [0.1, 0.15) is 22.9 Å². The fourth-order valence-electron chi connectivity index (χ4n) is 3.93. The third-order valence-electron chi connectivity index (χ3n) is 5.22. The van der Waals surface area contributed by atoms with Gasteiger partial charge in [-0.25, -0.2) is 19.7 Å². The SMILES string of the molecule is Cc1nc(N2C[C@@H](NC(=O)c3ncc[nH]3)C[C@H]2C(=O)O)c2oc3ccccc3c2n1. The molecule has 30 heavy (non-hydrogen) atoms. The molecule has 0 spiro atoms. The summed E-state index contributed by atoms with van der Waals surface area (Å²) in [5, 5.41) is 13.5. The Hall–Kier alpha value is -3.95. The van der Waals surface area contributed by atoms with Crippen molar-refractivity contribution in [2.75, 3.05) is 11.4 Å². The van der Waals surface area contributed by atoms with Crippen LogP contribution in [0.3, 0.4) is 0 Å². The Bertz CT molecular complexity index is 1270. The number of imidazole rings is 1. The zero-order chi connectivity index (χ0) is 20.8. The maximum atomic E-state index is 12.4. The molecular weight excluding hydrogens is 388 g/mol. The van der Waals surface area contributed by atoms with Crippen LogP contribution in [0.25, 0.3) is 22.1 Å². The monoisotopic (exact) mass is 406 g/mol. The Morgan fingerprint density at radius 1 is 1.30 bits per heavy atom. The minimum Gasteiger partial charge on any atom is -0.480 e. The first-order valence-electron chi connectivity index (χ1n) is 9.47. The van der Waals surface area contributed by atoms with Crippen molar-refractivity contribution in [3.8, 4) is 0 Å². The fourth-order valence-corrected chi connectivity index (χ4v) is 3.93. The number of aliphatic carboxylic acids is 1. The number of hydrogen-bond acceptors (Lipinski definition) is 7. The van der Waals surface area contributed by atoms with Gasteiger partial charge in [0.05, 0.1) is 0 Å². The van der Waals surface area contributed by atoms with Crippen LogP contribution in [0.15, 0.2) is 41.1 Å². The smallest absolute Gasteiger partial charge is 0.326 e. The standard InChI is InChI=1S/C20H18N6O4/c1-10-23-15-12-4-2-3-5-14(12)30-16(15)18(24-10)26-9-11(8-13(26)20(28)29)25-19(27)17-21-6-7-22-17/h2-7,11,13H,8-9H2,1H3,(H,21,22)(H,25,27)(H,28,29)/t11-,13-/m0/s1. The van der Waals surface area contributed by atoms with E-state index >= 15 is 0 Å². The molecular formula is C20H18N6O4. The average Bonchev–Trinajstić information content (AvgIpc) is 3.46. The van der Waals surface area contributed by atoms with E-state index in [1.165, 1.54) is 6.20 Å². The topological polar surface area (TPSA) is 137 Å². The van der Waals surface area contributed by atoms with Crippen LogP contribution in [0.5, 0.6) is 0 Å². The number of aromatic amines is 1. The van der Waals surface area contributed by atoms with Gasteiger partial charge < -0.3 is 24.7 Å². The zero-order valence-corrected chi connectivity index (χ0v) is 16.0. The van der Waals surface area contributed by atoms with Gasteiger partial charge in [0.1, 0.15) is 23.0 Å². The summed E-state index contributed by atoms with van der Waals surface area (Å²) in [4.78, 5) is 41.7. The quantitative estimate of drug-likeness (QED) is 0.467. The summed E-state index contributed by atoms with van der Waals surface area (Å²) in [6.45, 7) is 2.03. The number of H-pyrrole nitrogens is 1. The van der Waals surface area contributed by atoms with Crippen molar-refractivity contribution in [3.05, 3.63) is 48.3 Å². The number of carboxylic acid groups (broad SMARTS) is 1. The highest BCUT2D eigenvalue weighted by molar-refractivity contribution is 6.06. The van der Waals surface area contributed by atoms with Gasteiger partial charge in [-0.3, -0.25) is 4.79 Å². The van der Waals surface area contributed by atoms with Crippen LogP contribution in [0.2, 0.25) is 0 Å². The normalized spacial score (nSPS) is 18.9. The fraction of sp³-hybridized carbons (Fsp3) is 0.250. The third kappa shape index (κ3) is 2.93. The van der Waals surface area contributed by atoms with Crippen molar-refractivity contribution >= 4 is 39.8 Å². The molecule has 0 aliphatic carbocycles. The van der Waals surface area contributed by atoms with Gasteiger partial charge in [0.15, 0.2) is 17.2 Å². The number of carboxylic acids is 1. The number of benzene rings is 1. The molecule has 1 aliphatic rings.